The zero-order chi connectivity index (χ0) is 17.1. The maximum atomic E-state index is 12.4. The molecule has 8 heteroatoms. The minimum Gasteiger partial charge on any atom is -0.352 e. The lowest BCUT2D eigenvalue weighted by Crippen LogP contribution is -2.39. The van der Waals surface area contributed by atoms with Crippen molar-refractivity contribution in [3.8, 4) is 0 Å². The maximum absolute atomic E-state index is 12.4. The number of hydrogen-bond donors (Lipinski definition) is 1. The summed E-state index contributed by atoms with van der Waals surface area (Å²) in [6.45, 7) is 5.66. The molecule has 0 bridgehead atoms. The number of nitrogens with zero attached hydrogens (tertiary/aromatic N) is 3. The lowest BCUT2D eigenvalue weighted by molar-refractivity contribution is -0.384. The van der Waals surface area contributed by atoms with Crippen LogP contribution in [-0.4, -0.2) is 26.4 Å². The number of nitrogens with one attached hydrogen (secondary N) is 1. The Morgan fingerprint density at radius 3 is 2.70 bits per heavy atom. The standard InChI is InChI=1S/C15H18N4O4/c1-9(2)10(3)17-14(20)7-18-8-16-13-5-4-11(19(22)23)6-12(13)15(18)21/h4-6,8-10H,7H2,1-3H3,(H,17,20)/t10-/m0/s1. The van der Waals surface area contributed by atoms with Gasteiger partial charge in [0, 0.05) is 18.2 Å². The number of rotatable bonds is 5. The van der Waals surface area contributed by atoms with Crippen molar-refractivity contribution in [3.05, 3.63) is 45.0 Å². The topological polar surface area (TPSA) is 107 Å². The van der Waals surface area contributed by atoms with Gasteiger partial charge in [0.25, 0.3) is 11.2 Å². The van der Waals surface area contributed by atoms with Crippen molar-refractivity contribution in [2.24, 2.45) is 5.92 Å². The molecule has 0 aliphatic heterocycles. The number of benzene rings is 1. The predicted octanol–water partition coefficient (Wildman–Crippen LogP) is 1.47. The second-order valence-electron chi connectivity index (χ2n) is 5.74. The molecule has 1 aromatic heterocycles. The smallest absolute Gasteiger partial charge is 0.270 e. The van der Waals surface area contributed by atoms with Crippen molar-refractivity contribution in [3.63, 3.8) is 0 Å². The van der Waals surface area contributed by atoms with Gasteiger partial charge in [-0.15, -0.1) is 0 Å². The van der Waals surface area contributed by atoms with E-state index < -0.39 is 10.5 Å². The first-order valence-corrected chi connectivity index (χ1v) is 7.22. The number of carbonyl (C=O) groups excluding carboxylic acids is 1. The van der Waals surface area contributed by atoms with E-state index in [9.17, 15) is 19.7 Å². The maximum Gasteiger partial charge on any atom is 0.270 e. The van der Waals surface area contributed by atoms with Crippen LogP contribution in [0.15, 0.2) is 29.3 Å². The lowest BCUT2D eigenvalue weighted by atomic mass is 10.1. The third kappa shape index (κ3) is 3.71. The van der Waals surface area contributed by atoms with Gasteiger partial charge in [-0.05, 0) is 18.9 Å². The van der Waals surface area contributed by atoms with Gasteiger partial charge in [0.05, 0.1) is 22.2 Å². The molecule has 0 radical (unpaired) electrons. The summed E-state index contributed by atoms with van der Waals surface area (Å²) in [5.41, 5.74) is -0.314. The van der Waals surface area contributed by atoms with Gasteiger partial charge in [-0.1, -0.05) is 13.8 Å². The molecule has 0 aliphatic carbocycles. The largest absolute Gasteiger partial charge is 0.352 e. The first-order chi connectivity index (χ1) is 10.8. The molecule has 1 heterocycles. The third-order valence-corrected chi connectivity index (χ3v) is 3.72. The van der Waals surface area contributed by atoms with Gasteiger partial charge in [0.15, 0.2) is 0 Å². The number of amides is 1. The highest BCUT2D eigenvalue weighted by atomic mass is 16.6. The number of aromatic nitrogens is 2. The Balaban J connectivity index is 2.31. The number of nitro benzene ring substituents is 1. The summed E-state index contributed by atoms with van der Waals surface area (Å²) >= 11 is 0. The molecule has 0 saturated carbocycles. The molecule has 8 nitrogen and oxygen atoms in total. The summed E-state index contributed by atoms with van der Waals surface area (Å²) in [7, 11) is 0. The average Bonchev–Trinajstić information content (AvgIpc) is 2.49. The highest BCUT2D eigenvalue weighted by Gasteiger charge is 2.14. The van der Waals surface area contributed by atoms with E-state index in [1.165, 1.54) is 24.5 Å². The molecule has 2 aromatic rings. The average molecular weight is 318 g/mol. The van der Waals surface area contributed by atoms with Crippen LogP contribution >= 0.6 is 0 Å². The van der Waals surface area contributed by atoms with Crippen LogP contribution in [-0.2, 0) is 11.3 Å². The predicted molar refractivity (Wildman–Crippen MR) is 85.1 cm³/mol. The molecule has 0 spiro atoms. The van der Waals surface area contributed by atoms with E-state index in [1.54, 1.807) is 0 Å². The van der Waals surface area contributed by atoms with Crippen LogP contribution in [0.5, 0.6) is 0 Å². The van der Waals surface area contributed by atoms with Gasteiger partial charge in [0.2, 0.25) is 5.91 Å². The number of carbonyl (C=O) groups is 1. The molecular formula is C15H18N4O4. The Hall–Kier alpha value is -2.77. The van der Waals surface area contributed by atoms with Crippen LogP contribution < -0.4 is 10.9 Å². The van der Waals surface area contributed by atoms with E-state index in [-0.39, 0.29) is 35.5 Å². The van der Waals surface area contributed by atoms with E-state index in [4.69, 9.17) is 0 Å². The van der Waals surface area contributed by atoms with Crippen LogP contribution in [0.2, 0.25) is 0 Å². The molecule has 1 aromatic carbocycles. The van der Waals surface area contributed by atoms with E-state index in [2.05, 4.69) is 10.3 Å². The van der Waals surface area contributed by atoms with Gasteiger partial charge in [0.1, 0.15) is 6.54 Å². The quantitative estimate of drug-likeness (QED) is 0.663. The molecule has 1 atom stereocenters. The molecule has 2 rings (SSSR count). The number of fused-ring (bicyclic) bond motifs is 1. The van der Waals surface area contributed by atoms with Crippen LogP contribution in [0, 0.1) is 16.0 Å². The normalized spacial score (nSPS) is 12.3. The summed E-state index contributed by atoms with van der Waals surface area (Å²) in [5, 5.41) is 13.7. The second kappa shape index (κ2) is 6.55. The van der Waals surface area contributed by atoms with Crippen LogP contribution in [0.4, 0.5) is 5.69 Å². The molecule has 0 fully saturated rings. The Bertz CT molecular complexity index is 813. The molecule has 23 heavy (non-hydrogen) atoms. The summed E-state index contributed by atoms with van der Waals surface area (Å²) in [4.78, 5) is 38.7. The van der Waals surface area contributed by atoms with Gasteiger partial charge in [-0.25, -0.2) is 4.98 Å². The molecule has 0 saturated heterocycles. The highest BCUT2D eigenvalue weighted by Crippen LogP contribution is 2.16. The molecule has 0 aliphatic rings. The van der Waals surface area contributed by atoms with Crippen LogP contribution in [0.1, 0.15) is 20.8 Å². The fourth-order valence-corrected chi connectivity index (χ4v) is 1.99. The highest BCUT2D eigenvalue weighted by molar-refractivity contribution is 5.81. The van der Waals surface area contributed by atoms with Crippen LogP contribution in [0.3, 0.4) is 0 Å². The molecule has 1 amide bonds. The Kier molecular flexibility index (Phi) is 4.73. The molecular weight excluding hydrogens is 300 g/mol. The summed E-state index contributed by atoms with van der Waals surface area (Å²) in [6.07, 6.45) is 1.27. The Morgan fingerprint density at radius 2 is 2.09 bits per heavy atom. The monoisotopic (exact) mass is 318 g/mol. The van der Waals surface area contributed by atoms with E-state index in [1.807, 2.05) is 20.8 Å². The molecule has 0 unspecified atom stereocenters. The van der Waals surface area contributed by atoms with E-state index in [0.29, 0.717) is 5.52 Å². The number of nitro groups is 1. The summed E-state index contributed by atoms with van der Waals surface area (Å²) in [5.74, 6) is -0.0343. The lowest BCUT2D eigenvalue weighted by Gasteiger charge is -2.17. The van der Waals surface area contributed by atoms with Crippen molar-refractivity contribution in [2.75, 3.05) is 0 Å². The van der Waals surface area contributed by atoms with Crippen LogP contribution in [0.25, 0.3) is 10.9 Å². The molecule has 1 N–H and O–H groups in total. The van der Waals surface area contributed by atoms with Crippen molar-refractivity contribution in [1.82, 2.24) is 14.9 Å². The van der Waals surface area contributed by atoms with Gasteiger partial charge >= 0.3 is 0 Å². The van der Waals surface area contributed by atoms with Crippen molar-refractivity contribution < 1.29 is 9.72 Å². The zero-order valence-electron chi connectivity index (χ0n) is 13.1. The summed E-state index contributed by atoms with van der Waals surface area (Å²) < 4.78 is 1.15. The van der Waals surface area contributed by atoms with Crippen molar-refractivity contribution >= 4 is 22.5 Å². The molecule has 122 valence electrons. The number of hydrogen-bond acceptors (Lipinski definition) is 5. The fourth-order valence-electron chi connectivity index (χ4n) is 1.99. The minimum atomic E-state index is -0.576. The van der Waals surface area contributed by atoms with E-state index >= 15 is 0 Å². The second-order valence-corrected chi connectivity index (χ2v) is 5.74. The van der Waals surface area contributed by atoms with Gasteiger partial charge in [-0.3, -0.25) is 24.3 Å². The Labute approximate surface area is 132 Å². The summed E-state index contributed by atoms with van der Waals surface area (Å²) in [6, 6.07) is 3.86. The SMILES string of the molecule is CC(C)[C@H](C)NC(=O)Cn1cnc2ccc([N+](=O)[O-])cc2c1=O. The first kappa shape index (κ1) is 16.6. The third-order valence-electron chi connectivity index (χ3n) is 3.72. The number of non-ortho nitro benzene ring substituents is 1. The van der Waals surface area contributed by atoms with Gasteiger partial charge in [-0.2, -0.15) is 0 Å². The first-order valence-electron chi connectivity index (χ1n) is 7.22. The zero-order valence-corrected chi connectivity index (χ0v) is 13.1. The van der Waals surface area contributed by atoms with Crippen molar-refractivity contribution in [2.45, 2.75) is 33.4 Å². The van der Waals surface area contributed by atoms with Crippen molar-refractivity contribution in [1.29, 1.82) is 0 Å². The Morgan fingerprint density at radius 1 is 1.39 bits per heavy atom. The van der Waals surface area contributed by atoms with Gasteiger partial charge < -0.3 is 5.32 Å². The minimum absolute atomic E-state index is 0.0206. The van der Waals surface area contributed by atoms with E-state index in [0.717, 1.165) is 4.57 Å². The fraction of sp³-hybridized carbons (Fsp3) is 0.400.